The second-order valence-electron chi connectivity index (χ2n) is 7.32. The van der Waals surface area contributed by atoms with E-state index in [1.807, 2.05) is 38.1 Å². The molecule has 166 valence electrons. The second-order valence-corrected chi connectivity index (χ2v) is 8.28. The Labute approximate surface area is 192 Å². The molecular weight excluding hydrogens is 424 g/mol. The average molecular weight is 451 g/mol. The molecule has 0 spiro atoms. The second kappa shape index (κ2) is 11.4. The molecule has 1 aromatic carbocycles. The number of rotatable bonds is 9. The third-order valence-electron chi connectivity index (χ3n) is 4.50. The highest BCUT2D eigenvalue weighted by Gasteiger charge is 2.14. The molecule has 0 fully saturated rings. The van der Waals surface area contributed by atoms with E-state index in [4.69, 9.17) is 4.74 Å². The molecule has 0 aliphatic heterocycles. The fourth-order valence-corrected chi connectivity index (χ4v) is 4.04. The SMILES string of the molecule is COCCC(=O)Nc1cc(CSc2ncccc2C(=O)Nc2cc(C)cc(C)c2)ccn1. The monoisotopic (exact) mass is 450 g/mol. The largest absolute Gasteiger partial charge is 0.384 e. The number of ether oxygens (including phenoxy) is 1. The average Bonchev–Trinajstić information content (AvgIpc) is 2.76. The number of hydrogen-bond acceptors (Lipinski definition) is 6. The number of pyridine rings is 2. The number of thioether (sulfide) groups is 1. The Morgan fingerprint density at radius 1 is 1.00 bits per heavy atom. The predicted molar refractivity (Wildman–Crippen MR) is 127 cm³/mol. The maximum Gasteiger partial charge on any atom is 0.258 e. The number of nitrogens with zero attached hydrogens (tertiary/aromatic N) is 2. The number of anilines is 2. The van der Waals surface area contributed by atoms with Crippen molar-refractivity contribution >= 4 is 35.1 Å². The Kier molecular flexibility index (Phi) is 8.35. The Bertz CT molecular complexity index is 1080. The van der Waals surface area contributed by atoms with Crippen molar-refractivity contribution in [2.75, 3.05) is 24.4 Å². The van der Waals surface area contributed by atoms with Gasteiger partial charge < -0.3 is 15.4 Å². The highest BCUT2D eigenvalue weighted by Crippen LogP contribution is 2.26. The Balaban J connectivity index is 1.67. The van der Waals surface area contributed by atoms with Gasteiger partial charge in [-0.25, -0.2) is 9.97 Å². The number of aryl methyl sites for hydroxylation is 2. The first-order valence-corrected chi connectivity index (χ1v) is 11.1. The maximum atomic E-state index is 12.9. The van der Waals surface area contributed by atoms with E-state index in [1.54, 1.807) is 31.6 Å². The molecule has 2 amide bonds. The van der Waals surface area contributed by atoms with Crippen LogP contribution in [-0.4, -0.2) is 35.5 Å². The number of benzene rings is 1. The maximum absolute atomic E-state index is 12.9. The number of amides is 2. The molecule has 0 aliphatic rings. The molecule has 0 bridgehead atoms. The van der Waals surface area contributed by atoms with E-state index in [-0.39, 0.29) is 18.2 Å². The molecule has 0 unspecified atom stereocenters. The van der Waals surface area contributed by atoms with Crippen molar-refractivity contribution in [3.8, 4) is 0 Å². The standard InChI is InChI=1S/C24H26N4O3S/c1-16-11-17(2)13-19(12-16)27-23(30)20-5-4-8-26-24(20)32-15-18-6-9-25-21(14-18)28-22(29)7-10-31-3/h4-6,8-9,11-14H,7,10,15H2,1-3H3,(H,27,30)(H,25,28,29). The quantitative estimate of drug-likeness (QED) is 0.462. The van der Waals surface area contributed by atoms with Gasteiger partial charge in [0.05, 0.1) is 18.6 Å². The number of nitrogens with one attached hydrogen (secondary N) is 2. The van der Waals surface area contributed by atoms with Crippen LogP contribution in [0.15, 0.2) is 59.9 Å². The predicted octanol–water partition coefficient (Wildman–Crippen LogP) is 4.61. The van der Waals surface area contributed by atoms with Crippen LogP contribution in [0, 0.1) is 13.8 Å². The van der Waals surface area contributed by atoms with Crippen molar-refractivity contribution in [2.24, 2.45) is 0 Å². The minimum atomic E-state index is -0.202. The summed E-state index contributed by atoms with van der Waals surface area (Å²) >= 11 is 1.45. The van der Waals surface area contributed by atoms with Gasteiger partial charge in [-0.15, -0.1) is 11.8 Å². The van der Waals surface area contributed by atoms with Gasteiger partial charge in [0.2, 0.25) is 5.91 Å². The number of hydrogen-bond donors (Lipinski definition) is 2. The van der Waals surface area contributed by atoms with Crippen molar-refractivity contribution in [1.29, 1.82) is 0 Å². The first kappa shape index (κ1) is 23.4. The van der Waals surface area contributed by atoms with Crippen molar-refractivity contribution in [3.05, 3.63) is 77.1 Å². The van der Waals surface area contributed by atoms with Crippen molar-refractivity contribution in [3.63, 3.8) is 0 Å². The fraction of sp³-hybridized carbons (Fsp3) is 0.250. The molecule has 0 aliphatic carbocycles. The molecular formula is C24H26N4O3S. The third-order valence-corrected chi connectivity index (χ3v) is 5.57. The first-order chi connectivity index (χ1) is 15.4. The summed E-state index contributed by atoms with van der Waals surface area (Å²) in [7, 11) is 1.55. The van der Waals surface area contributed by atoms with Crippen LogP contribution in [0.4, 0.5) is 11.5 Å². The highest BCUT2D eigenvalue weighted by atomic mass is 32.2. The molecule has 3 aromatic rings. The lowest BCUT2D eigenvalue weighted by atomic mass is 10.1. The topological polar surface area (TPSA) is 93.2 Å². The number of aromatic nitrogens is 2. The first-order valence-electron chi connectivity index (χ1n) is 10.2. The fourth-order valence-electron chi connectivity index (χ4n) is 3.11. The van der Waals surface area contributed by atoms with Gasteiger partial charge >= 0.3 is 0 Å². The van der Waals surface area contributed by atoms with E-state index in [1.165, 1.54) is 11.8 Å². The Hall–Kier alpha value is -3.23. The van der Waals surface area contributed by atoms with Crippen LogP contribution < -0.4 is 10.6 Å². The molecule has 2 heterocycles. The molecule has 0 atom stereocenters. The summed E-state index contributed by atoms with van der Waals surface area (Å²) in [5.41, 5.74) is 4.40. The molecule has 2 N–H and O–H groups in total. The zero-order valence-electron chi connectivity index (χ0n) is 18.3. The van der Waals surface area contributed by atoms with Crippen LogP contribution in [0.3, 0.4) is 0 Å². The van der Waals surface area contributed by atoms with Crippen LogP contribution in [0.1, 0.15) is 33.5 Å². The molecule has 32 heavy (non-hydrogen) atoms. The molecule has 0 saturated carbocycles. The number of carbonyl (C=O) groups is 2. The summed E-state index contributed by atoms with van der Waals surface area (Å²) in [6.07, 6.45) is 3.59. The minimum absolute atomic E-state index is 0.153. The van der Waals surface area contributed by atoms with E-state index in [9.17, 15) is 9.59 Å². The summed E-state index contributed by atoms with van der Waals surface area (Å²) in [4.78, 5) is 33.4. The van der Waals surface area contributed by atoms with E-state index >= 15 is 0 Å². The van der Waals surface area contributed by atoms with Gasteiger partial charge in [-0.1, -0.05) is 6.07 Å². The lowest BCUT2D eigenvalue weighted by Gasteiger charge is -2.11. The van der Waals surface area contributed by atoms with Gasteiger partial charge in [-0.2, -0.15) is 0 Å². The molecule has 0 radical (unpaired) electrons. The minimum Gasteiger partial charge on any atom is -0.384 e. The van der Waals surface area contributed by atoms with Crippen molar-refractivity contribution < 1.29 is 14.3 Å². The van der Waals surface area contributed by atoms with E-state index in [0.29, 0.717) is 28.8 Å². The molecule has 0 saturated heterocycles. The third kappa shape index (κ3) is 6.90. The normalized spacial score (nSPS) is 10.6. The summed E-state index contributed by atoms with van der Waals surface area (Å²) in [6, 6.07) is 13.1. The van der Waals surface area contributed by atoms with Crippen LogP contribution in [-0.2, 0) is 15.3 Å². The van der Waals surface area contributed by atoms with Crippen LogP contribution in [0.5, 0.6) is 0 Å². The summed E-state index contributed by atoms with van der Waals surface area (Å²) in [5.74, 6) is 0.702. The van der Waals surface area contributed by atoms with Gasteiger partial charge in [0.25, 0.3) is 5.91 Å². The van der Waals surface area contributed by atoms with E-state index in [2.05, 4.69) is 26.7 Å². The van der Waals surface area contributed by atoms with Crippen molar-refractivity contribution in [2.45, 2.75) is 31.0 Å². The molecule has 3 rings (SSSR count). The molecule has 8 heteroatoms. The van der Waals surface area contributed by atoms with Gasteiger partial charge in [-0.05, 0) is 66.9 Å². The molecule has 7 nitrogen and oxygen atoms in total. The van der Waals surface area contributed by atoms with Gasteiger partial charge in [0.15, 0.2) is 0 Å². The lowest BCUT2D eigenvalue weighted by molar-refractivity contribution is -0.117. The lowest BCUT2D eigenvalue weighted by Crippen LogP contribution is -2.14. The summed E-state index contributed by atoms with van der Waals surface area (Å²) in [6.45, 7) is 4.35. The van der Waals surface area contributed by atoms with Gasteiger partial charge in [0.1, 0.15) is 10.8 Å². The highest BCUT2D eigenvalue weighted by molar-refractivity contribution is 7.98. The van der Waals surface area contributed by atoms with Crippen LogP contribution in [0.25, 0.3) is 0 Å². The van der Waals surface area contributed by atoms with E-state index < -0.39 is 0 Å². The zero-order chi connectivity index (χ0) is 22.9. The summed E-state index contributed by atoms with van der Waals surface area (Å²) < 4.78 is 4.92. The smallest absolute Gasteiger partial charge is 0.258 e. The number of carbonyl (C=O) groups excluding carboxylic acids is 2. The zero-order valence-corrected chi connectivity index (χ0v) is 19.2. The van der Waals surface area contributed by atoms with E-state index in [0.717, 1.165) is 22.4 Å². The Morgan fingerprint density at radius 2 is 1.78 bits per heavy atom. The van der Waals surface area contributed by atoms with Crippen LogP contribution >= 0.6 is 11.8 Å². The Morgan fingerprint density at radius 3 is 2.53 bits per heavy atom. The van der Waals surface area contributed by atoms with Gasteiger partial charge in [0, 0.05) is 30.9 Å². The summed E-state index contributed by atoms with van der Waals surface area (Å²) in [5, 5.41) is 6.36. The van der Waals surface area contributed by atoms with Gasteiger partial charge in [-0.3, -0.25) is 9.59 Å². The van der Waals surface area contributed by atoms with Crippen molar-refractivity contribution in [1.82, 2.24) is 9.97 Å². The van der Waals surface area contributed by atoms with Crippen LogP contribution in [0.2, 0.25) is 0 Å². The molecule has 2 aromatic heterocycles. The number of methoxy groups -OCH3 is 1.